The highest BCUT2D eigenvalue weighted by molar-refractivity contribution is 7.10. The van der Waals surface area contributed by atoms with E-state index in [0.717, 1.165) is 22.1 Å². The lowest BCUT2D eigenvalue weighted by Crippen LogP contribution is -2.09. The quantitative estimate of drug-likeness (QED) is 0.558. The van der Waals surface area contributed by atoms with Crippen LogP contribution in [0.2, 0.25) is 0 Å². The van der Waals surface area contributed by atoms with Crippen molar-refractivity contribution in [1.82, 2.24) is 19.1 Å². The fourth-order valence-corrected chi connectivity index (χ4v) is 2.35. The predicted octanol–water partition coefficient (Wildman–Crippen LogP) is 1.74. The van der Waals surface area contributed by atoms with E-state index in [1.165, 1.54) is 11.5 Å². The number of hydrogen-bond acceptors (Lipinski definition) is 6. The van der Waals surface area contributed by atoms with E-state index in [1.807, 2.05) is 41.1 Å². The number of aromatic nitrogens is 4. The van der Waals surface area contributed by atoms with Gasteiger partial charge >= 0.3 is 0 Å². The number of hydrogen-bond donors (Lipinski definition) is 2. The first-order chi connectivity index (χ1) is 9.38. The minimum atomic E-state index is 0.584. The van der Waals surface area contributed by atoms with Gasteiger partial charge in [-0.2, -0.15) is 0 Å². The number of nitrogens with one attached hydrogen (secondary N) is 1. The van der Waals surface area contributed by atoms with Gasteiger partial charge in [-0.05, 0) is 0 Å². The first kappa shape index (κ1) is 11.8. The lowest BCUT2D eigenvalue weighted by atomic mass is 10.2. The summed E-state index contributed by atoms with van der Waals surface area (Å²) in [6.07, 6.45) is 3.69. The third kappa shape index (κ3) is 2.33. The monoisotopic (exact) mass is 272 g/mol. The highest BCUT2D eigenvalue weighted by Gasteiger charge is 2.11. The van der Waals surface area contributed by atoms with Crippen molar-refractivity contribution in [3.8, 4) is 11.4 Å². The molecule has 7 heteroatoms. The van der Waals surface area contributed by atoms with Crippen molar-refractivity contribution >= 4 is 16.5 Å². The van der Waals surface area contributed by atoms with Gasteiger partial charge in [0.05, 0.1) is 6.54 Å². The van der Waals surface area contributed by atoms with E-state index in [0.29, 0.717) is 6.54 Å². The predicted molar refractivity (Wildman–Crippen MR) is 74.5 cm³/mol. The largest absolute Gasteiger partial charge is 0.325 e. The molecule has 0 spiro atoms. The van der Waals surface area contributed by atoms with Crippen molar-refractivity contribution < 1.29 is 0 Å². The van der Waals surface area contributed by atoms with Crippen LogP contribution in [0, 0.1) is 0 Å². The molecule has 2 aromatic heterocycles. The van der Waals surface area contributed by atoms with Crippen LogP contribution in [0.15, 0.2) is 42.7 Å². The Bertz CT molecular complexity index is 660. The summed E-state index contributed by atoms with van der Waals surface area (Å²) in [4.78, 5) is 4.39. The summed E-state index contributed by atoms with van der Waals surface area (Å²) in [6.45, 7) is 0.584. The van der Waals surface area contributed by atoms with Gasteiger partial charge in [0, 0.05) is 29.5 Å². The van der Waals surface area contributed by atoms with Gasteiger partial charge in [0.2, 0.25) is 0 Å². The highest BCUT2D eigenvalue weighted by Crippen LogP contribution is 2.21. The molecule has 0 aliphatic rings. The van der Waals surface area contributed by atoms with Gasteiger partial charge in [-0.25, -0.2) is 10.8 Å². The molecule has 3 N–H and O–H groups in total. The molecule has 1 aromatic carbocycles. The number of benzene rings is 1. The smallest absolute Gasteiger partial charge is 0.149 e. The van der Waals surface area contributed by atoms with Gasteiger partial charge in [-0.1, -0.05) is 34.8 Å². The van der Waals surface area contributed by atoms with E-state index < -0.39 is 0 Å². The number of nitrogens with zero attached hydrogens (tertiary/aromatic N) is 4. The molecule has 3 rings (SSSR count). The second kappa shape index (κ2) is 5.17. The van der Waals surface area contributed by atoms with Crippen LogP contribution >= 0.6 is 11.5 Å². The van der Waals surface area contributed by atoms with Crippen LogP contribution in [0.4, 0.5) is 5.00 Å². The van der Waals surface area contributed by atoms with E-state index in [2.05, 4.69) is 20.0 Å². The Morgan fingerprint density at radius 3 is 2.89 bits per heavy atom. The third-order valence-corrected chi connectivity index (χ3v) is 3.45. The Morgan fingerprint density at radius 1 is 1.26 bits per heavy atom. The van der Waals surface area contributed by atoms with Gasteiger partial charge in [0.15, 0.2) is 0 Å². The molecule has 0 amide bonds. The van der Waals surface area contributed by atoms with Crippen LogP contribution in [0.3, 0.4) is 0 Å². The average Bonchev–Trinajstić information content (AvgIpc) is 3.09. The first-order valence-electron chi connectivity index (χ1n) is 5.73. The topological polar surface area (TPSA) is 81.6 Å². The number of nitrogen functional groups attached to an aromatic ring is 1. The molecule has 96 valence electrons. The van der Waals surface area contributed by atoms with Crippen molar-refractivity contribution in [1.29, 1.82) is 0 Å². The zero-order valence-electron chi connectivity index (χ0n) is 10.0. The fourth-order valence-electron chi connectivity index (χ4n) is 1.87. The van der Waals surface area contributed by atoms with E-state index in [1.54, 1.807) is 6.20 Å². The SMILES string of the molecule is NNc1snnc1Cn1ccnc1-c1ccccc1. The molecular weight excluding hydrogens is 260 g/mol. The van der Waals surface area contributed by atoms with Crippen LogP contribution < -0.4 is 11.3 Å². The Balaban J connectivity index is 1.93. The molecule has 2 heterocycles. The maximum atomic E-state index is 5.43. The van der Waals surface area contributed by atoms with Gasteiger partial charge in [0.1, 0.15) is 16.5 Å². The summed E-state index contributed by atoms with van der Waals surface area (Å²) in [7, 11) is 0. The van der Waals surface area contributed by atoms with Crippen LogP contribution in [0.5, 0.6) is 0 Å². The number of nitrogens with two attached hydrogens (primary N) is 1. The summed E-state index contributed by atoms with van der Waals surface area (Å²) in [5.74, 6) is 6.33. The van der Waals surface area contributed by atoms with Crippen molar-refractivity contribution in [2.45, 2.75) is 6.54 Å². The van der Waals surface area contributed by atoms with Gasteiger partial charge in [-0.15, -0.1) is 5.10 Å². The zero-order valence-corrected chi connectivity index (χ0v) is 10.8. The fraction of sp³-hybridized carbons (Fsp3) is 0.0833. The molecule has 0 atom stereocenters. The van der Waals surface area contributed by atoms with Crippen molar-refractivity contribution in [3.63, 3.8) is 0 Å². The number of imidazole rings is 1. The Kier molecular flexibility index (Phi) is 3.21. The highest BCUT2D eigenvalue weighted by atomic mass is 32.1. The molecule has 0 bridgehead atoms. The lowest BCUT2D eigenvalue weighted by Gasteiger charge is -2.07. The number of rotatable bonds is 4. The summed E-state index contributed by atoms with van der Waals surface area (Å²) >= 11 is 1.24. The maximum absolute atomic E-state index is 5.43. The zero-order chi connectivity index (χ0) is 13.1. The molecule has 0 fully saturated rings. The Morgan fingerprint density at radius 2 is 2.11 bits per heavy atom. The van der Waals surface area contributed by atoms with Crippen molar-refractivity contribution in [2.24, 2.45) is 5.84 Å². The third-order valence-electron chi connectivity index (χ3n) is 2.75. The van der Waals surface area contributed by atoms with E-state index >= 15 is 0 Å². The van der Waals surface area contributed by atoms with E-state index in [9.17, 15) is 0 Å². The minimum Gasteiger partial charge on any atom is -0.325 e. The van der Waals surface area contributed by atoms with Crippen molar-refractivity contribution in [2.75, 3.05) is 5.43 Å². The summed E-state index contributed by atoms with van der Waals surface area (Å²) in [5.41, 5.74) is 4.48. The molecule has 19 heavy (non-hydrogen) atoms. The molecule has 0 aliphatic heterocycles. The van der Waals surface area contributed by atoms with Crippen molar-refractivity contribution in [3.05, 3.63) is 48.4 Å². The summed E-state index contributed by atoms with van der Waals surface area (Å²) in [6, 6.07) is 10.0. The van der Waals surface area contributed by atoms with Crippen LogP contribution in [0.25, 0.3) is 11.4 Å². The molecular formula is C12H12N6S. The van der Waals surface area contributed by atoms with Crippen LogP contribution in [-0.2, 0) is 6.54 Å². The second-order valence-electron chi connectivity index (χ2n) is 3.94. The lowest BCUT2D eigenvalue weighted by molar-refractivity contribution is 0.777. The van der Waals surface area contributed by atoms with E-state index in [-0.39, 0.29) is 0 Å². The average molecular weight is 272 g/mol. The van der Waals surface area contributed by atoms with E-state index in [4.69, 9.17) is 5.84 Å². The standard InChI is InChI=1S/C12H12N6S/c13-15-12-10(16-17-19-12)8-18-7-6-14-11(18)9-4-2-1-3-5-9/h1-7,15H,8,13H2. The Hall–Kier alpha value is -2.25. The molecule has 6 nitrogen and oxygen atoms in total. The molecule has 0 saturated carbocycles. The minimum absolute atomic E-state index is 0.584. The van der Waals surface area contributed by atoms with Crippen LogP contribution in [0.1, 0.15) is 5.69 Å². The van der Waals surface area contributed by atoms with Gasteiger partial charge < -0.3 is 9.99 Å². The molecule has 0 saturated heterocycles. The summed E-state index contributed by atoms with van der Waals surface area (Å²) < 4.78 is 5.91. The summed E-state index contributed by atoms with van der Waals surface area (Å²) in [5, 5.41) is 4.85. The number of hydrazine groups is 1. The first-order valence-corrected chi connectivity index (χ1v) is 6.50. The second-order valence-corrected chi connectivity index (χ2v) is 4.69. The molecule has 0 aliphatic carbocycles. The molecule has 3 aromatic rings. The normalized spacial score (nSPS) is 10.6. The van der Waals surface area contributed by atoms with Gasteiger partial charge in [0.25, 0.3) is 0 Å². The maximum Gasteiger partial charge on any atom is 0.149 e. The molecule has 0 unspecified atom stereocenters. The Labute approximate surface area is 114 Å². The molecule has 0 radical (unpaired) electrons. The van der Waals surface area contributed by atoms with Gasteiger partial charge in [-0.3, -0.25) is 0 Å². The number of anilines is 1. The van der Waals surface area contributed by atoms with Crippen LogP contribution in [-0.4, -0.2) is 19.1 Å².